The van der Waals surface area contributed by atoms with Gasteiger partial charge in [-0.3, -0.25) is 14.9 Å². The van der Waals surface area contributed by atoms with E-state index in [1.54, 1.807) is 19.1 Å². The molecule has 0 unspecified atom stereocenters. The first kappa shape index (κ1) is 17.9. The maximum absolute atomic E-state index is 12.3. The predicted octanol–water partition coefficient (Wildman–Crippen LogP) is 4.00. The summed E-state index contributed by atoms with van der Waals surface area (Å²) >= 11 is 1.35. The molecule has 0 saturated heterocycles. The number of nitro groups is 1. The molecule has 0 fully saturated rings. The molecule has 0 aliphatic heterocycles. The number of nitrogens with one attached hydrogen (secondary N) is 1. The van der Waals surface area contributed by atoms with Crippen molar-refractivity contribution in [2.45, 2.75) is 25.5 Å². The van der Waals surface area contributed by atoms with E-state index >= 15 is 0 Å². The second kappa shape index (κ2) is 7.57. The molecule has 1 N–H and O–H groups in total. The molecule has 0 radical (unpaired) electrons. The SMILES string of the molecule is CCn1c(SCC(=O)Nc2cccc([N+](=O)[O-])c2C)nc2ccccc21. The molecule has 1 aromatic heterocycles. The van der Waals surface area contributed by atoms with Crippen LogP contribution in [0.15, 0.2) is 47.6 Å². The normalized spacial score (nSPS) is 10.8. The van der Waals surface area contributed by atoms with Crippen LogP contribution >= 0.6 is 11.8 Å². The highest BCUT2D eigenvalue weighted by Gasteiger charge is 2.16. The Kier molecular flexibility index (Phi) is 5.22. The fourth-order valence-electron chi connectivity index (χ4n) is 2.74. The first-order valence-electron chi connectivity index (χ1n) is 8.13. The standard InChI is InChI=1S/C18H18N4O3S/c1-3-21-16-9-5-4-7-14(16)20-18(21)26-11-17(23)19-13-8-6-10-15(12(13)2)22(24)25/h4-10H,3,11H2,1-2H3,(H,19,23). The lowest BCUT2D eigenvalue weighted by atomic mass is 10.1. The van der Waals surface area contributed by atoms with Gasteiger partial charge in [-0.2, -0.15) is 0 Å². The molecule has 8 heteroatoms. The molecular formula is C18H18N4O3S. The summed E-state index contributed by atoms with van der Waals surface area (Å²) in [6.45, 7) is 4.41. The summed E-state index contributed by atoms with van der Waals surface area (Å²) in [6, 6.07) is 12.5. The number of hydrogen-bond acceptors (Lipinski definition) is 5. The average molecular weight is 370 g/mol. The van der Waals surface area contributed by atoms with Gasteiger partial charge < -0.3 is 9.88 Å². The van der Waals surface area contributed by atoms with Crippen molar-refractivity contribution in [2.24, 2.45) is 0 Å². The second-order valence-electron chi connectivity index (χ2n) is 5.67. The Morgan fingerprint density at radius 2 is 2.04 bits per heavy atom. The van der Waals surface area contributed by atoms with Crippen molar-refractivity contribution in [2.75, 3.05) is 11.1 Å². The largest absolute Gasteiger partial charge is 0.325 e. The first-order valence-corrected chi connectivity index (χ1v) is 9.11. The highest BCUT2D eigenvalue weighted by molar-refractivity contribution is 7.99. The highest BCUT2D eigenvalue weighted by atomic mass is 32.2. The molecule has 0 spiro atoms. The summed E-state index contributed by atoms with van der Waals surface area (Å²) in [4.78, 5) is 27.4. The van der Waals surface area contributed by atoms with Crippen molar-refractivity contribution in [3.63, 3.8) is 0 Å². The average Bonchev–Trinajstić information content (AvgIpc) is 2.99. The summed E-state index contributed by atoms with van der Waals surface area (Å²) < 4.78 is 2.06. The molecule has 2 aromatic carbocycles. The van der Waals surface area contributed by atoms with Gasteiger partial charge in [-0.25, -0.2) is 4.98 Å². The molecule has 1 heterocycles. The summed E-state index contributed by atoms with van der Waals surface area (Å²) in [5.74, 6) is -0.0563. The number of carbonyl (C=O) groups is 1. The summed E-state index contributed by atoms with van der Waals surface area (Å²) in [6.07, 6.45) is 0. The van der Waals surface area contributed by atoms with Crippen molar-refractivity contribution in [3.8, 4) is 0 Å². The van der Waals surface area contributed by atoms with Gasteiger partial charge in [0.2, 0.25) is 5.91 Å². The van der Waals surface area contributed by atoms with Crippen LogP contribution in [0, 0.1) is 17.0 Å². The summed E-state index contributed by atoms with van der Waals surface area (Å²) in [7, 11) is 0. The van der Waals surface area contributed by atoms with E-state index < -0.39 is 4.92 Å². The second-order valence-corrected chi connectivity index (χ2v) is 6.61. The predicted molar refractivity (Wildman–Crippen MR) is 103 cm³/mol. The zero-order valence-electron chi connectivity index (χ0n) is 14.4. The first-order chi connectivity index (χ1) is 12.5. The minimum absolute atomic E-state index is 0.0109. The lowest BCUT2D eigenvalue weighted by Crippen LogP contribution is -2.15. The third kappa shape index (κ3) is 3.55. The van der Waals surface area contributed by atoms with Crippen LogP contribution in [0.5, 0.6) is 0 Å². The van der Waals surface area contributed by atoms with Crippen molar-refractivity contribution < 1.29 is 9.72 Å². The van der Waals surface area contributed by atoms with E-state index in [4.69, 9.17) is 0 Å². The van der Waals surface area contributed by atoms with Gasteiger partial charge in [-0.15, -0.1) is 0 Å². The van der Waals surface area contributed by atoms with E-state index in [0.717, 1.165) is 22.7 Å². The van der Waals surface area contributed by atoms with E-state index in [1.807, 2.05) is 31.2 Å². The van der Waals surface area contributed by atoms with Crippen LogP contribution in [0.2, 0.25) is 0 Å². The van der Waals surface area contributed by atoms with Crippen LogP contribution in [-0.4, -0.2) is 26.1 Å². The number of aromatic nitrogens is 2. The molecule has 134 valence electrons. The molecule has 3 aromatic rings. The third-order valence-electron chi connectivity index (χ3n) is 4.04. The Bertz CT molecular complexity index is 984. The van der Waals surface area contributed by atoms with Gasteiger partial charge in [0, 0.05) is 12.6 Å². The van der Waals surface area contributed by atoms with Crippen LogP contribution in [0.3, 0.4) is 0 Å². The zero-order valence-corrected chi connectivity index (χ0v) is 15.2. The molecular weight excluding hydrogens is 352 g/mol. The Labute approximate surface area is 154 Å². The van der Waals surface area contributed by atoms with Crippen LogP contribution in [0.4, 0.5) is 11.4 Å². The Hall–Kier alpha value is -2.87. The van der Waals surface area contributed by atoms with Crippen LogP contribution in [-0.2, 0) is 11.3 Å². The Morgan fingerprint density at radius 3 is 2.77 bits per heavy atom. The quantitative estimate of drug-likeness (QED) is 0.402. The fourth-order valence-corrected chi connectivity index (χ4v) is 3.62. The van der Waals surface area contributed by atoms with Crippen molar-refractivity contribution in [3.05, 3.63) is 58.1 Å². The number of nitro benzene ring substituents is 1. The van der Waals surface area contributed by atoms with Gasteiger partial charge in [-0.1, -0.05) is 30.0 Å². The van der Waals surface area contributed by atoms with E-state index in [0.29, 0.717) is 11.3 Å². The number of benzene rings is 2. The Morgan fingerprint density at radius 1 is 1.27 bits per heavy atom. The molecule has 0 aliphatic rings. The number of amides is 1. The van der Waals surface area contributed by atoms with Gasteiger partial charge in [0.05, 0.1) is 33.0 Å². The van der Waals surface area contributed by atoms with E-state index in [2.05, 4.69) is 14.9 Å². The zero-order chi connectivity index (χ0) is 18.7. The molecule has 26 heavy (non-hydrogen) atoms. The summed E-state index contributed by atoms with van der Waals surface area (Å²) in [5.41, 5.74) is 2.81. The number of imidazole rings is 1. The van der Waals surface area contributed by atoms with Crippen molar-refractivity contribution >= 4 is 40.1 Å². The van der Waals surface area contributed by atoms with E-state index in [9.17, 15) is 14.9 Å². The van der Waals surface area contributed by atoms with Gasteiger partial charge in [0.1, 0.15) is 0 Å². The molecule has 0 saturated carbocycles. The van der Waals surface area contributed by atoms with Gasteiger partial charge in [0.15, 0.2) is 5.16 Å². The fraction of sp³-hybridized carbons (Fsp3) is 0.222. The lowest BCUT2D eigenvalue weighted by molar-refractivity contribution is -0.385. The minimum Gasteiger partial charge on any atom is -0.325 e. The van der Waals surface area contributed by atoms with E-state index in [1.165, 1.54) is 17.8 Å². The number of fused-ring (bicyclic) bond motifs is 1. The molecule has 7 nitrogen and oxygen atoms in total. The Balaban J connectivity index is 1.72. The number of para-hydroxylation sites is 2. The van der Waals surface area contributed by atoms with Crippen molar-refractivity contribution in [1.29, 1.82) is 0 Å². The maximum Gasteiger partial charge on any atom is 0.274 e. The molecule has 1 amide bonds. The number of nitrogens with zero attached hydrogens (tertiary/aromatic N) is 3. The van der Waals surface area contributed by atoms with Crippen molar-refractivity contribution in [1.82, 2.24) is 9.55 Å². The molecule has 0 atom stereocenters. The monoisotopic (exact) mass is 370 g/mol. The highest BCUT2D eigenvalue weighted by Crippen LogP contribution is 2.27. The number of carbonyl (C=O) groups excluding carboxylic acids is 1. The molecule has 0 aliphatic carbocycles. The molecule has 0 bridgehead atoms. The van der Waals surface area contributed by atoms with Crippen LogP contribution in [0.1, 0.15) is 12.5 Å². The number of aryl methyl sites for hydroxylation is 1. The number of rotatable bonds is 6. The number of anilines is 1. The van der Waals surface area contributed by atoms with E-state index in [-0.39, 0.29) is 17.3 Å². The van der Waals surface area contributed by atoms with Crippen LogP contribution < -0.4 is 5.32 Å². The summed E-state index contributed by atoms with van der Waals surface area (Å²) in [5, 5.41) is 14.5. The lowest BCUT2D eigenvalue weighted by Gasteiger charge is -2.09. The van der Waals surface area contributed by atoms with Gasteiger partial charge >= 0.3 is 0 Å². The maximum atomic E-state index is 12.3. The minimum atomic E-state index is -0.455. The number of hydrogen-bond donors (Lipinski definition) is 1. The van der Waals surface area contributed by atoms with Gasteiger partial charge in [-0.05, 0) is 32.0 Å². The molecule has 3 rings (SSSR count). The third-order valence-corrected chi connectivity index (χ3v) is 5.02. The number of thioether (sulfide) groups is 1. The van der Waals surface area contributed by atoms with Crippen LogP contribution in [0.25, 0.3) is 11.0 Å². The smallest absolute Gasteiger partial charge is 0.274 e. The topological polar surface area (TPSA) is 90.1 Å². The van der Waals surface area contributed by atoms with Gasteiger partial charge in [0.25, 0.3) is 5.69 Å².